The summed E-state index contributed by atoms with van der Waals surface area (Å²) in [4.78, 5) is 0. The van der Waals surface area contributed by atoms with Gasteiger partial charge in [0.25, 0.3) is 0 Å². The van der Waals surface area contributed by atoms with E-state index in [0.29, 0.717) is 0 Å². The average Bonchev–Trinajstić information content (AvgIpc) is 3.13. The molecule has 0 saturated carbocycles. The summed E-state index contributed by atoms with van der Waals surface area (Å²) in [6, 6.07) is 0. The maximum absolute atomic E-state index is 5.57. The molecule has 2 unspecified atom stereocenters. The van der Waals surface area contributed by atoms with Crippen LogP contribution in [0.15, 0.2) is 24.3 Å². The van der Waals surface area contributed by atoms with E-state index in [1.807, 2.05) is 0 Å². The number of hydrogen-bond donors (Lipinski definition) is 0. The van der Waals surface area contributed by atoms with Gasteiger partial charge in [0.15, 0.2) is 0 Å². The average molecular weight is 317 g/mol. The van der Waals surface area contributed by atoms with Gasteiger partial charge in [-0.25, -0.2) is 0 Å². The van der Waals surface area contributed by atoms with Crippen LogP contribution in [0.4, 0.5) is 0 Å². The first-order valence-electron chi connectivity index (χ1n) is 8.32. The quantitative estimate of drug-likeness (QED) is 0.265. The highest BCUT2D eigenvalue weighted by Gasteiger charge is 2.08. The summed E-state index contributed by atoms with van der Waals surface area (Å²) in [6.45, 7) is 0. The molecule has 0 bridgehead atoms. The molecule has 0 amide bonds. The van der Waals surface area contributed by atoms with E-state index in [1.54, 1.807) is 0 Å². The normalized spacial score (nSPS) is 23.9. The summed E-state index contributed by atoms with van der Waals surface area (Å²) in [5.41, 5.74) is 0. The lowest BCUT2D eigenvalue weighted by molar-refractivity contribution is 0.546. The van der Waals surface area contributed by atoms with Gasteiger partial charge >= 0.3 is 0 Å². The van der Waals surface area contributed by atoms with E-state index in [-0.39, 0.29) is 0 Å². The Morgan fingerprint density at radius 3 is 1.45 bits per heavy atom. The second kappa shape index (κ2) is 12.8. The van der Waals surface area contributed by atoms with Gasteiger partial charge in [-0.15, -0.1) is 23.2 Å². The molecular weight excluding hydrogens is 287 g/mol. The third kappa shape index (κ3) is 9.08. The highest BCUT2D eigenvalue weighted by atomic mass is 35.5. The summed E-state index contributed by atoms with van der Waals surface area (Å²) in [5, 5.41) is 0. The fourth-order valence-corrected chi connectivity index (χ4v) is 3.25. The number of hydrogen-bond acceptors (Lipinski definition) is 0. The highest BCUT2D eigenvalue weighted by molar-refractivity contribution is 6.18. The minimum absolute atomic E-state index is 0.830. The minimum Gasteiger partial charge on any atom is -0.127 e. The highest BCUT2D eigenvalue weighted by Crippen LogP contribution is 2.23. The van der Waals surface area contributed by atoms with Crippen molar-refractivity contribution < 1.29 is 0 Å². The van der Waals surface area contributed by atoms with Crippen LogP contribution in [0.5, 0.6) is 0 Å². The molecule has 0 aromatic heterocycles. The van der Waals surface area contributed by atoms with Crippen LogP contribution in [0.1, 0.15) is 64.2 Å². The van der Waals surface area contributed by atoms with Crippen molar-refractivity contribution in [2.75, 3.05) is 11.8 Å². The summed E-state index contributed by atoms with van der Waals surface area (Å²) in [7, 11) is 0. The molecule has 0 saturated heterocycles. The van der Waals surface area contributed by atoms with Crippen LogP contribution in [0.2, 0.25) is 0 Å². The Morgan fingerprint density at radius 2 is 1.15 bits per heavy atom. The molecule has 2 heteroatoms. The molecule has 0 fully saturated rings. The molecule has 2 aliphatic rings. The zero-order valence-corrected chi connectivity index (χ0v) is 14.2. The maximum Gasteiger partial charge on any atom is 0.0223 e. The van der Waals surface area contributed by atoms with Crippen LogP contribution < -0.4 is 0 Å². The largest absolute Gasteiger partial charge is 0.127 e. The first-order valence-corrected chi connectivity index (χ1v) is 9.39. The van der Waals surface area contributed by atoms with Crippen LogP contribution in [-0.2, 0) is 0 Å². The van der Waals surface area contributed by atoms with Crippen LogP contribution >= 0.6 is 23.2 Å². The molecule has 0 N–H and O–H groups in total. The zero-order chi connectivity index (χ0) is 14.5. The van der Waals surface area contributed by atoms with Gasteiger partial charge in [0.05, 0.1) is 0 Å². The van der Waals surface area contributed by atoms with Gasteiger partial charge in [-0.1, -0.05) is 37.1 Å². The van der Waals surface area contributed by atoms with E-state index in [4.69, 9.17) is 23.2 Å². The van der Waals surface area contributed by atoms with Gasteiger partial charge in [0, 0.05) is 11.8 Å². The van der Waals surface area contributed by atoms with Crippen molar-refractivity contribution in [1.29, 1.82) is 0 Å². The molecule has 20 heavy (non-hydrogen) atoms. The molecule has 0 nitrogen and oxygen atoms in total. The molecule has 0 aromatic rings. The van der Waals surface area contributed by atoms with Crippen molar-refractivity contribution in [3.63, 3.8) is 0 Å². The third-order valence-corrected chi connectivity index (χ3v) is 4.68. The summed E-state index contributed by atoms with van der Waals surface area (Å²) < 4.78 is 0. The van der Waals surface area contributed by atoms with Gasteiger partial charge in [-0.05, 0) is 63.2 Å². The topological polar surface area (TPSA) is 0 Å². The second-order valence-electron chi connectivity index (χ2n) is 5.90. The van der Waals surface area contributed by atoms with E-state index in [9.17, 15) is 0 Å². The van der Waals surface area contributed by atoms with E-state index in [2.05, 4.69) is 24.3 Å². The van der Waals surface area contributed by atoms with Gasteiger partial charge in [-0.3, -0.25) is 0 Å². The Kier molecular flexibility index (Phi) is 11.6. The Morgan fingerprint density at radius 1 is 0.700 bits per heavy atom. The fourth-order valence-electron chi connectivity index (χ4n) is 2.87. The fraction of sp³-hybridized carbons (Fsp3) is 0.778. The maximum atomic E-state index is 5.57. The van der Waals surface area contributed by atoms with E-state index in [1.165, 1.54) is 64.2 Å². The number of rotatable bonds is 8. The molecule has 2 aliphatic carbocycles. The van der Waals surface area contributed by atoms with Gasteiger partial charge in [0.2, 0.25) is 0 Å². The molecule has 2 atom stereocenters. The van der Waals surface area contributed by atoms with Crippen LogP contribution in [0.25, 0.3) is 0 Å². The molecule has 116 valence electrons. The SMILES string of the molecule is ClCCCCC1C=CCC1.ClCCCCC1C=CCC1. The standard InChI is InChI=1S/2C9H15Cl/c2*10-8-4-3-7-9-5-1-2-6-9/h2*1,5,9H,2-4,6-8H2. The monoisotopic (exact) mass is 316 g/mol. The number of alkyl halides is 2. The van der Waals surface area contributed by atoms with E-state index in [0.717, 1.165) is 23.6 Å². The van der Waals surface area contributed by atoms with Crippen molar-refractivity contribution >= 4 is 23.2 Å². The lowest BCUT2D eigenvalue weighted by atomic mass is 10.0. The van der Waals surface area contributed by atoms with Gasteiger partial charge < -0.3 is 0 Å². The number of unbranched alkanes of at least 4 members (excludes halogenated alkanes) is 2. The third-order valence-electron chi connectivity index (χ3n) is 4.14. The number of allylic oxidation sites excluding steroid dienone is 4. The first kappa shape index (κ1) is 18.1. The summed E-state index contributed by atoms with van der Waals surface area (Å²) >= 11 is 11.1. The lowest BCUT2D eigenvalue weighted by Crippen LogP contribution is -1.91. The molecule has 0 spiro atoms. The smallest absolute Gasteiger partial charge is 0.0223 e. The van der Waals surface area contributed by atoms with Crippen molar-refractivity contribution in [3.05, 3.63) is 24.3 Å². The molecule has 0 aromatic carbocycles. The Hall–Kier alpha value is 0.0600. The zero-order valence-electron chi connectivity index (χ0n) is 12.7. The van der Waals surface area contributed by atoms with Crippen LogP contribution in [0.3, 0.4) is 0 Å². The molecule has 0 radical (unpaired) electrons. The van der Waals surface area contributed by atoms with Crippen LogP contribution in [0, 0.1) is 11.8 Å². The summed E-state index contributed by atoms with van der Waals surface area (Å²) in [5.74, 6) is 3.42. The van der Waals surface area contributed by atoms with Crippen molar-refractivity contribution in [2.45, 2.75) is 64.2 Å². The first-order chi connectivity index (χ1) is 9.86. The molecule has 0 heterocycles. The van der Waals surface area contributed by atoms with Crippen molar-refractivity contribution in [1.82, 2.24) is 0 Å². The second-order valence-corrected chi connectivity index (χ2v) is 6.66. The van der Waals surface area contributed by atoms with E-state index < -0.39 is 0 Å². The van der Waals surface area contributed by atoms with Crippen LogP contribution in [-0.4, -0.2) is 11.8 Å². The van der Waals surface area contributed by atoms with Gasteiger partial charge in [0.1, 0.15) is 0 Å². The lowest BCUT2D eigenvalue weighted by Gasteiger charge is -2.04. The molecule has 2 rings (SSSR count). The molecule has 0 aliphatic heterocycles. The number of halogens is 2. The van der Waals surface area contributed by atoms with Crippen molar-refractivity contribution in [3.8, 4) is 0 Å². The Balaban J connectivity index is 0.000000200. The van der Waals surface area contributed by atoms with Gasteiger partial charge in [-0.2, -0.15) is 0 Å². The molecular formula is C18H30Cl2. The van der Waals surface area contributed by atoms with E-state index >= 15 is 0 Å². The predicted octanol–water partition coefficient (Wildman–Crippen LogP) is 6.72. The Bertz CT molecular complexity index is 243. The minimum atomic E-state index is 0.830. The van der Waals surface area contributed by atoms with Crippen molar-refractivity contribution in [2.24, 2.45) is 11.8 Å². The predicted molar refractivity (Wildman–Crippen MR) is 92.9 cm³/mol. The summed E-state index contributed by atoms with van der Waals surface area (Å²) in [6.07, 6.45) is 22.3. The Labute approximate surface area is 135 Å².